The maximum atomic E-state index is 10.5. The Kier molecular flexibility index (Phi) is 7.13. The molecule has 0 aliphatic heterocycles. The van der Waals surface area contributed by atoms with Gasteiger partial charge >= 0.3 is 5.69 Å². The third kappa shape index (κ3) is 5.64. The second-order valence-electron chi connectivity index (χ2n) is 4.68. The molecule has 0 bridgehead atoms. The largest absolute Gasteiger partial charge is 0.390 e. The maximum Gasteiger partial charge on any atom is 0.306 e. The highest BCUT2D eigenvalue weighted by Gasteiger charge is 2.13. The van der Waals surface area contributed by atoms with Gasteiger partial charge in [-0.15, -0.1) is 0 Å². The van der Waals surface area contributed by atoms with Gasteiger partial charge in [0, 0.05) is 19.7 Å². The van der Waals surface area contributed by atoms with Crippen LogP contribution in [0.25, 0.3) is 0 Å². The third-order valence-corrected chi connectivity index (χ3v) is 2.88. The molecule has 0 amide bonds. The summed E-state index contributed by atoms with van der Waals surface area (Å²) in [5, 5.41) is 27.5. The number of hydrogen-bond acceptors (Lipinski definition) is 6. The van der Waals surface area contributed by atoms with Crippen LogP contribution in [-0.4, -0.2) is 52.2 Å². The second-order valence-corrected chi connectivity index (χ2v) is 4.68. The molecule has 114 valence electrons. The third-order valence-electron chi connectivity index (χ3n) is 2.88. The number of aliphatic hydroxyl groups is 1. The summed E-state index contributed by atoms with van der Waals surface area (Å²) in [5.74, 6) is 0. The highest BCUT2D eigenvalue weighted by Crippen LogP contribution is 2.08. The van der Waals surface area contributed by atoms with Gasteiger partial charge in [0.15, 0.2) is 0 Å². The average molecular weight is 286 g/mol. The summed E-state index contributed by atoms with van der Waals surface area (Å²) in [7, 11) is 1.64. The fraction of sp³-hybridized carbons (Fsp3) is 0.750. The number of nitro groups is 1. The Labute approximate surface area is 117 Å². The van der Waals surface area contributed by atoms with E-state index < -0.39 is 11.0 Å². The van der Waals surface area contributed by atoms with Crippen molar-refractivity contribution in [1.82, 2.24) is 15.1 Å². The van der Waals surface area contributed by atoms with E-state index in [1.165, 1.54) is 17.1 Å². The van der Waals surface area contributed by atoms with Gasteiger partial charge in [-0.05, 0) is 6.42 Å². The van der Waals surface area contributed by atoms with E-state index in [1.807, 2.05) is 0 Å². The van der Waals surface area contributed by atoms with Crippen molar-refractivity contribution in [1.29, 1.82) is 0 Å². The molecule has 0 radical (unpaired) electrons. The van der Waals surface area contributed by atoms with E-state index in [0.717, 1.165) is 12.8 Å². The van der Waals surface area contributed by atoms with Crippen LogP contribution < -0.4 is 5.32 Å². The first-order chi connectivity index (χ1) is 9.56. The van der Waals surface area contributed by atoms with Crippen molar-refractivity contribution in [3.63, 3.8) is 0 Å². The molecule has 0 aromatic carbocycles. The van der Waals surface area contributed by atoms with E-state index >= 15 is 0 Å². The van der Waals surface area contributed by atoms with Gasteiger partial charge in [0.1, 0.15) is 12.4 Å². The molecule has 0 saturated heterocycles. The highest BCUT2D eigenvalue weighted by molar-refractivity contribution is 5.20. The van der Waals surface area contributed by atoms with Gasteiger partial charge in [0.25, 0.3) is 0 Å². The van der Waals surface area contributed by atoms with Gasteiger partial charge < -0.3 is 15.2 Å². The van der Waals surface area contributed by atoms with E-state index in [4.69, 9.17) is 4.74 Å². The lowest BCUT2D eigenvalue weighted by atomic mass is 10.1. The Morgan fingerprint density at radius 3 is 2.95 bits per heavy atom. The van der Waals surface area contributed by atoms with Crippen LogP contribution in [0.2, 0.25) is 0 Å². The summed E-state index contributed by atoms with van der Waals surface area (Å²) in [6, 6.07) is 0.201. The van der Waals surface area contributed by atoms with E-state index in [9.17, 15) is 15.2 Å². The lowest BCUT2D eigenvalue weighted by Gasteiger charge is -2.19. The zero-order valence-corrected chi connectivity index (χ0v) is 11.9. The number of aliphatic hydroxyl groups excluding tert-OH is 1. The molecule has 1 heterocycles. The van der Waals surface area contributed by atoms with E-state index in [-0.39, 0.29) is 18.3 Å². The molecule has 1 rings (SSSR count). The van der Waals surface area contributed by atoms with Crippen molar-refractivity contribution in [2.75, 3.05) is 20.3 Å². The SMILES string of the molecule is CCCC(COC)NCC(O)Cn1cc([N+](=O)[O-])cn1. The normalized spacial score (nSPS) is 14.2. The van der Waals surface area contributed by atoms with Gasteiger partial charge in [-0.1, -0.05) is 13.3 Å². The Morgan fingerprint density at radius 2 is 2.40 bits per heavy atom. The van der Waals surface area contributed by atoms with E-state index in [1.54, 1.807) is 7.11 Å². The van der Waals surface area contributed by atoms with Crippen molar-refractivity contribution in [2.45, 2.75) is 38.5 Å². The second kappa shape index (κ2) is 8.62. The Bertz CT molecular complexity index is 404. The monoisotopic (exact) mass is 286 g/mol. The summed E-state index contributed by atoms with van der Waals surface area (Å²) in [4.78, 5) is 10.0. The van der Waals surface area contributed by atoms with Gasteiger partial charge in [-0.25, -0.2) is 0 Å². The van der Waals surface area contributed by atoms with Crippen LogP contribution in [0.15, 0.2) is 12.4 Å². The average Bonchev–Trinajstić information content (AvgIpc) is 2.85. The Hall–Kier alpha value is -1.51. The van der Waals surface area contributed by atoms with Gasteiger partial charge in [0.2, 0.25) is 0 Å². The Morgan fingerprint density at radius 1 is 1.65 bits per heavy atom. The molecule has 0 aliphatic carbocycles. The highest BCUT2D eigenvalue weighted by atomic mass is 16.6. The molecule has 1 aromatic heterocycles. The number of rotatable bonds is 10. The summed E-state index contributed by atoms with van der Waals surface area (Å²) in [6.07, 6.45) is 3.81. The first-order valence-electron chi connectivity index (χ1n) is 6.64. The molecule has 2 unspecified atom stereocenters. The summed E-state index contributed by atoms with van der Waals surface area (Å²) in [5.41, 5.74) is -0.0756. The van der Waals surface area contributed by atoms with Gasteiger partial charge in [-0.3, -0.25) is 14.8 Å². The van der Waals surface area contributed by atoms with Crippen LogP contribution in [0.4, 0.5) is 5.69 Å². The number of aromatic nitrogens is 2. The fourth-order valence-corrected chi connectivity index (χ4v) is 1.92. The quantitative estimate of drug-likeness (QED) is 0.481. The molecule has 8 heteroatoms. The number of methoxy groups -OCH3 is 1. The van der Waals surface area contributed by atoms with Gasteiger partial charge in [-0.2, -0.15) is 5.10 Å². The van der Waals surface area contributed by atoms with Crippen LogP contribution in [-0.2, 0) is 11.3 Å². The molecule has 0 spiro atoms. The zero-order chi connectivity index (χ0) is 15.0. The first-order valence-corrected chi connectivity index (χ1v) is 6.64. The number of nitrogens with zero attached hydrogens (tertiary/aromatic N) is 3. The number of hydrogen-bond donors (Lipinski definition) is 2. The molecule has 2 atom stereocenters. The molecule has 2 N–H and O–H groups in total. The molecule has 0 aliphatic rings. The molecule has 0 fully saturated rings. The summed E-state index contributed by atoms with van der Waals surface area (Å²) >= 11 is 0. The zero-order valence-electron chi connectivity index (χ0n) is 11.9. The van der Waals surface area contributed by atoms with Crippen LogP contribution in [0.1, 0.15) is 19.8 Å². The van der Waals surface area contributed by atoms with Crippen LogP contribution in [0.5, 0.6) is 0 Å². The van der Waals surface area contributed by atoms with Crippen LogP contribution >= 0.6 is 0 Å². The lowest BCUT2D eigenvalue weighted by molar-refractivity contribution is -0.385. The smallest absolute Gasteiger partial charge is 0.306 e. The van der Waals surface area contributed by atoms with Crippen molar-refractivity contribution in [3.05, 3.63) is 22.5 Å². The minimum absolute atomic E-state index is 0.0756. The van der Waals surface area contributed by atoms with E-state index in [0.29, 0.717) is 13.2 Å². The predicted molar refractivity (Wildman–Crippen MR) is 73.5 cm³/mol. The predicted octanol–water partition coefficient (Wildman–Crippen LogP) is 0.557. The van der Waals surface area contributed by atoms with Crippen molar-refractivity contribution < 1.29 is 14.8 Å². The minimum atomic E-state index is -0.661. The maximum absolute atomic E-state index is 10.5. The van der Waals surface area contributed by atoms with Crippen LogP contribution in [0.3, 0.4) is 0 Å². The molecule has 20 heavy (non-hydrogen) atoms. The molecule has 1 aromatic rings. The fourth-order valence-electron chi connectivity index (χ4n) is 1.92. The van der Waals surface area contributed by atoms with Gasteiger partial charge in [0.05, 0.1) is 24.2 Å². The summed E-state index contributed by atoms with van der Waals surface area (Å²) < 4.78 is 6.47. The molecule has 8 nitrogen and oxygen atoms in total. The number of ether oxygens (including phenoxy) is 1. The number of nitrogens with one attached hydrogen (secondary N) is 1. The molecule has 0 saturated carbocycles. The van der Waals surface area contributed by atoms with E-state index in [2.05, 4.69) is 17.3 Å². The van der Waals surface area contributed by atoms with Crippen molar-refractivity contribution >= 4 is 5.69 Å². The topological polar surface area (TPSA) is 102 Å². The van der Waals surface area contributed by atoms with Crippen molar-refractivity contribution in [3.8, 4) is 0 Å². The molecular formula is C12H22N4O4. The lowest BCUT2D eigenvalue weighted by Crippen LogP contribution is -2.39. The van der Waals surface area contributed by atoms with Crippen molar-refractivity contribution in [2.24, 2.45) is 0 Å². The van der Waals surface area contributed by atoms with Crippen LogP contribution in [0, 0.1) is 10.1 Å². The molecular weight excluding hydrogens is 264 g/mol. The summed E-state index contributed by atoms with van der Waals surface area (Å²) in [6.45, 7) is 3.28. The standard InChI is InChI=1S/C12H22N4O4/c1-3-4-10(9-20-2)13-6-12(17)8-15-7-11(5-14-15)16(18)19/h5,7,10,12-13,17H,3-4,6,8-9H2,1-2H3. The first kappa shape index (κ1) is 16.5. The Balaban J connectivity index is 2.37. The minimum Gasteiger partial charge on any atom is -0.390 e.